The molecule has 0 amide bonds. The fourth-order valence-electron chi connectivity index (χ4n) is 1.66. The molecule has 13 heavy (non-hydrogen) atoms. The Morgan fingerprint density at radius 2 is 2.38 bits per heavy atom. The molecule has 4 heteroatoms. The molecule has 3 nitrogen and oxygen atoms in total. The van der Waals surface area contributed by atoms with Gasteiger partial charge in [-0.1, -0.05) is 0 Å². The van der Waals surface area contributed by atoms with Gasteiger partial charge in [0.15, 0.2) is 0 Å². The SMILES string of the molecule is N[C@@H]1c2ncc(Br)cc2CC[C@H]1O. The van der Waals surface area contributed by atoms with Crippen molar-refractivity contribution in [2.45, 2.75) is 25.0 Å². The van der Waals surface area contributed by atoms with Crippen molar-refractivity contribution in [3.63, 3.8) is 0 Å². The Labute approximate surface area is 85.1 Å². The van der Waals surface area contributed by atoms with Crippen LogP contribution in [-0.2, 0) is 6.42 Å². The Bertz CT molecular complexity index is 329. The molecule has 0 radical (unpaired) electrons. The molecule has 0 aliphatic heterocycles. The van der Waals surface area contributed by atoms with Crippen LogP contribution in [0.1, 0.15) is 23.7 Å². The van der Waals surface area contributed by atoms with E-state index >= 15 is 0 Å². The molecule has 0 aromatic carbocycles. The zero-order valence-electron chi connectivity index (χ0n) is 7.07. The lowest BCUT2D eigenvalue weighted by atomic mass is 9.90. The Balaban J connectivity index is 2.44. The molecular formula is C9H11BrN2O. The molecule has 0 bridgehead atoms. The molecule has 1 aliphatic rings. The third kappa shape index (κ3) is 1.61. The molecule has 1 aromatic heterocycles. The Hall–Kier alpha value is -0.450. The van der Waals surface area contributed by atoms with Crippen LogP contribution in [0.5, 0.6) is 0 Å². The van der Waals surface area contributed by atoms with Gasteiger partial charge < -0.3 is 10.8 Å². The monoisotopic (exact) mass is 242 g/mol. The van der Waals surface area contributed by atoms with E-state index in [2.05, 4.69) is 20.9 Å². The summed E-state index contributed by atoms with van der Waals surface area (Å²) in [6.45, 7) is 0. The van der Waals surface area contributed by atoms with E-state index in [1.807, 2.05) is 6.07 Å². The van der Waals surface area contributed by atoms with E-state index in [0.717, 1.165) is 28.6 Å². The van der Waals surface area contributed by atoms with E-state index in [1.54, 1.807) is 6.20 Å². The van der Waals surface area contributed by atoms with Crippen molar-refractivity contribution in [1.82, 2.24) is 4.98 Å². The van der Waals surface area contributed by atoms with E-state index < -0.39 is 6.10 Å². The molecule has 1 aliphatic carbocycles. The van der Waals surface area contributed by atoms with E-state index in [9.17, 15) is 5.11 Å². The largest absolute Gasteiger partial charge is 0.391 e. The number of halogens is 1. The topological polar surface area (TPSA) is 59.1 Å². The van der Waals surface area contributed by atoms with Gasteiger partial charge in [0.05, 0.1) is 17.8 Å². The zero-order chi connectivity index (χ0) is 9.42. The highest BCUT2D eigenvalue weighted by Crippen LogP contribution is 2.28. The number of aromatic nitrogens is 1. The minimum atomic E-state index is -0.443. The number of pyridine rings is 1. The maximum atomic E-state index is 9.52. The zero-order valence-corrected chi connectivity index (χ0v) is 8.66. The predicted octanol–water partition coefficient (Wildman–Crippen LogP) is 1.15. The summed E-state index contributed by atoms with van der Waals surface area (Å²) in [6, 6.07) is 1.70. The van der Waals surface area contributed by atoms with Gasteiger partial charge in [-0.15, -0.1) is 0 Å². The minimum Gasteiger partial charge on any atom is -0.391 e. The summed E-state index contributed by atoms with van der Waals surface area (Å²) in [4.78, 5) is 4.22. The Kier molecular flexibility index (Phi) is 2.36. The highest BCUT2D eigenvalue weighted by atomic mass is 79.9. The van der Waals surface area contributed by atoms with Gasteiger partial charge in [-0.3, -0.25) is 4.98 Å². The van der Waals surface area contributed by atoms with Crippen LogP contribution in [0.25, 0.3) is 0 Å². The molecular weight excluding hydrogens is 232 g/mol. The first-order valence-corrected chi connectivity index (χ1v) is 5.06. The summed E-state index contributed by atoms with van der Waals surface area (Å²) in [7, 11) is 0. The van der Waals surface area contributed by atoms with Crippen LogP contribution < -0.4 is 5.73 Å². The van der Waals surface area contributed by atoms with E-state index in [4.69, 9.17) is 5.73 Å². The van der Waals surface area contributed by atoms with E-state index in [1.165, 1.54) is 0 Å². The maximum Gasteiger partial charge on any atom is 0.0751 e. The number of fused-ring (bicyclic) bond motifs is 1. The molecule has 0 saturated carbocycles. The number of aryl methyl sites for hydroxylation is 1. The van der Waals surface area contributed by atoms with Crippen LogP contribution in [0.4, 0.5) is 0 Å². The Morgan fingerprint density at radius 3 is 3.15 bits per heavy atom. The van der Waals surface area contributed by atoms with E-state index in [0.29, 0.717) is 0 Å². The second kappa shape index (κ2) is 3.36. The second-order valence-electron chi connectivity index (χ2n) is 3.33. The lowest BCUT2D eigenvalue weighted by molar-refractivity contribution is 0.126. The number of rotatable bonds is 0. The first kappa shape index (κ1) is 9.12. The summed E-state index contributed by atoms with van der Waals surface area (Å²) >= 11 is 3.36. The summed E-state index contributed by atoms with van der Waals surface area (Å²) in [5.74, 6) is 0. The van der Waals surface area contributed by atoms with Crippen LogP contribution in [0.15, 0.2) is 16.7 Å². The number of aliphatic hydroxyl groups is 1. The number of hydrogen-bond donors (Lipinski definition) is 2. The molecule has 3 N–H and O–H groups in total. The van der Waals surface area contributed by atoms with Crippen molar-refractivity contribution in [3.8, 4) is 0 Å². The number of nitrogens with two attached hydrogens (primary N) is 1. The van der Waals surface area contributed by atoms with Gasteiger partial charge in [0.2, 0.25) is 0 Å². The molecule has 1 aromatic rings. The molecule has 1 heterocycles. The van der Waals surface area contributed by atoms with Crippen molar-refractivity contribution in [1.29, 1.82) is 0 Å². The van der Waals surface area contributed by atoms with Crippen LogP contribution >= 0.6 is 15.9 Å². The predicted molar refractivity (Wildman–Crippen MR) is 53.2 cm³/mol. The fourth-order valence-corrected chi connectivity index (χ4v) is 2.04. The molecule has 2 atom stereocenters. The van der Waals surface area contributed by atoms with E-state index in [-0.39, 0.29) is 6.04 Å². The van der Waals surface area contributed by atoms with Crippen LogP contribution in [0.2, 0.25) is 0 Å². The maximum absolute atomic E-state index is 9.52. The van der Waals surface area contributed by atoms with Gasteiger partial charge >= 0.3 is 0 Å². The normalized spacial score (nSPS) is 27.0. The summed E-state index contributed by atoms with van der Waals surface area (Å²) in [5, 5.41) is 9.52. The van der Waals surface area contributed by atoms with Gasteiger partial charge in [-0.2, -0.15) is 0 Å². The number of aliphatic hydroxyl groups excluding tert-OH is 1. The Morgan fingerprint density at radius 1 is 1.62 bits per heavy atom. The minimum absolute atomic E-state index is 0.322. The van der Waals surface area contributed by atoms with Crippen molar-refractivity contribution >= 4 is 15.9 Å². The highest BCUT2D eigenvalue weighted by molar-refractivity contribution is 9.10. The average molecular weight is 243 g/mol. The smallest absolute Gasteiger partial charge is 0.0751 e. The molecule has 2 rings (SSSR count). The van der Waals surface area contributed by atoms with Gasteiger partial charge in [-0.05, 0) is 40.4 Å². The molecule has 0 fully saturated rings. The van der Waals surface area contributed by atoms with Crippen molar-refractivity contribution in [2.75, 3.05) is 0 Å². The molecule has 0 spiro atoms. The highest BCUT2D eigenvalue weighted by Gasteiger charge is 2.25. The fraction of sp³-hybridized carbons (Fsp3) is 0.444. The summed E-state index contributed by atoms with van der Waals surface area (Å²) in [5.41, 5.74) is 7.79. The lowest BCUT2D eigenvalue weighted by Crippen LogP contribution is -2.32. The first-order chi connectivity index (χ1) is 6.18. The van der Waals surface area contributed by atoms with Gasteiger partial charge in [0.1, 0.15) is 0 Å². The summed E-state index contributed by atoms with van der Waals surface area (Å²) in [6.07, 6.45) is 2.86. The number of nitrogens with zero attached hydrogens (tertiary/aromatic N) is 1. The van der Waals surface area contributed by atoms with Crippen molar-refractivity contribution in [3.05, 3.63) is 28.0 Å². The molecule has 70 valence electrons. The van der Waals surface area contributed by atoms with Crippen LogP contribution in [0, 0.1) is 0 Å². The van der Waals surface area contributed by atoms with Gasteiger partial charge in [0, 0.05) is 10.7 Å². The molecule has 0 saturated heterocycles. The quantitative estimate of drug-likeness (QED) is 0.718. The second-order valence-corrected chi connectivity index (χ2v) is 4.25. The number of hydrogen-bond acceptors (Lipinski definition) is 3. The van der Waals surface area contributed by atoms with Gasteiger partial charge in [0.25, 0.3) is 0 Å². The third-order valence-corrected chi connectivity index (χ3v) is 2.84. The van der Waals surface area contributed by atoms with Crippen LogP contribution in [0.3, 0.4) is 0 Å². The third-order valence-electron chi connectivity index (χ3n) is 2.41. The first-order valence-electron chi connectivity index (χ1n) is 4.26. The summed E-state index contributed by atoms with van der Waals surface area (Å²) < 4.78 is 0.967. The average Bonchev–Trinajstić information content (AvgIpc) is 2.12. The standard InChI is InChI=1S/C9H11BrN2O/c10-6-3-5-1-2-7(13)8(11)9(5)12-4-6/h3-4,7-8,13H,1-2,11H2/t7-,8+/m1/s1. The van der Waals surface area contributed by atoms with Gasteiger partial charge in [-0.25, -0.2) is 0 Å². The molecule has 0 unspecified atom stereocenters. The van der Waals surface area contributed by atoms with Crippen LogP contribution in [-0.4, -0.2) is 16.2 Å². The van der Waals surface area contributed by atoms with Crippen molar-refractivity contribution in [2.24, 2.45) is 5.73 Å². The van der Waals surface area contributed by atoms with Crippen molar-refractivity contribution < 1.29 is 5.11 Å². The lowest BCUT2D eigenvalue weighted by Gasteiger charge is -2.26.